The van der Waals surface area contributed by atoms with Gasteiger partial charge in [-0.1, -0.05) is 0 Å². The van der Waals surface area contributed by atoms with Crippen molar-refractivity contribution >= 4 is 11.9 Å². The summed E-state index contributed by atoms with van der Waals surface area (Å²) in [4.78, 5) is 22.6. The quantitative estimate of drug-likeness (QED) is 0.804. The number of rotatable bonds is 7. The first kappa shape index (κ1) is 16.8. The molecule has 0 spiro atoms. The monoisotopic (exact) mass is 295 g/mol. The van der Waals surface area contributed by atoms with Crippen LogP contribution in [0.15, 0.2) is 18.2 Å². The van der Waals surface area contributed by atoms with Crippen molar-refractivity contribution in [1.82, 2.24) is 5.32 Å². The van der Waals surface area contributed by atoms with Gasteiger partial charge in [0.1, 0.15) is 0 Å². The number of carboxylic acid groups (broad SMARTS) is 1. The molecule has 0 saturated carbocycles. The van der Waals surface area contributed by atoms with E-state index in [1.807, 2.05) is 13.8 Å². The summed E-state index contributed by atoms with van der Waals surface area (Å²) in [5.74, 6) is -0.288. The molecule has 0 aromatic heterocycles. The normalized spacial score (nSPS) is 11.9. The number of aliphatic carboxylic acids is 1. The summed E-state index contributed by atoms with van der Waals surface area (Å²) in [6, 6.07) is 4.40. The first-order valence-electron chi connectivity index (χ1n) is 6.70. The minimum Gasteiger partial charge on any atom is -0.493 e. The van der Waals surface area contributed by atoms with Crippen LogP contribution in [0.3, 0.4) is 0 Å². The summed E-state index contributed by atoms with van der Waals surface area (Å²) < 4.78 is 10.8. The van der Waals surface area contributed by atoms with Crippen molar-refractivity contribution in [3.8, 4) is 11.5 Å². The fourth-order valence-electron chi connectivity index (χ4n) is 1.78. The number of ether oxygens (including phenoxy) is 2. The number of nitrogens with one attached hydrogen (secondary N) is 1. The Bertz CT molecular complexity index is 513. The van der Waals surface area contributed by atoms with E-state index in [-0.39, 0.29) is 18.4 Å². The summed E-state index contributed by atoms with van der Waals surface area (Å²) in [7, 11) is 1.50. The van der Waals surface area contributed by atoms with Crippen molar-refractivity contribution in [3.05, 3.63) is 23.8 Å². The van der Waals surface area contributed by atoms with Gasteiger partial charge in [0.2, 0.25) is 0 Å². The maximum absolute atomic E-state index is 12.0. The molecule has 2 N–H and O–H groups in total. The maximum atomic E-state index is 12.0. The molecule has 0 bridgehead atoms. The fraction of sp³-hybridized carbons (Fsp3) is 0.467. The van der Waals surface area contributed by atoms with Crippen LogP contribution < -0.4 is 14.8 Å². The van der Waals surface area contributed by atoms with Gasteiger partial charge in [0.05, 0.1) is 19.6 Å². The van der Waals surface area contributed by atoms with Gasteiger partial charge in [-0.2, -0.15) is 0 Å². The van der Waals surface area contributed by atoms with Crippen molar-refractivity contribution in [2.75, 3.05) is 7.11 Å². The zero-order chi connectivity index (χ0) is 16.0. The Balaban J connectivity index is 2.83. The third kappa shape index (κ3) is 5.33. The average Bonchev–Trinajstić information content (AvgIpc) is 2.37. The largest absolute Gasteiger partial charge is 0.493 e. The highest BCUT2D eigenvalue weighted by molar-refractivity contribution is 5.95. The van der Waals surface area contributed by atoms with E-state index < -0.39 is 12.0 Å². The first-order chi connectivity index (χ1) is 9.83. The number of methoxy groups -OCH3 is 1. The van der Waals surface area contributed by atoms with Crippen LogP contribution in [0, 0.1) is 0 Å². The number of carbonyl (C=O) groups is 2. The SMILES string of the molecule is COc1cc(C(=O)NC(C)CC(=O)O)ccc1OC(C)C. The number of hydrogen-bond acceptors (Lipinski definition) is 4. The number of amides is 1. The van der Waals surface area contributed by atoms with E-state index in [2.05, 4.69) is 5.32 Å². The molecule has 1 aromatic carbocycles. The molecule has 6 heteroatoms. The lowest BCUT2D eigenvalue weighted by molar-refractivity contribution is -0.137. The molecule has 0 aliphatic carbocycles. The van der Waals surface area contributed by atoms with Crippen molar-refractivity contribution in [3.63, 3.8) is 0 Å². The Morgan fingerprint density at radius 3 is 2.43 bits per heavy atom. The first-order valence-corrected chi connectivity index (χ1v) is 6.70. The molecule has 21 heavy (non-hydrogen) atoms. The van der Waals surface area contributed by atoms with Crippen LogP contribution in [-0.2, 0) is 4.79 Å². The van der Waals surface area contributed by atoms with Gasteiger partial charge in [-0.3, -0.25) is 9.59 Å². The second-order valence-corrected chi connectivity index (χ2v) is 5.00. The van der Waals surface area contributed by atoms with Crippen LogP contribution in [0.1, 0.15) is 37.6 Å². The second-order valence-electron chi connectivity index (χ2n) is 5.00. The summed E-state index contributed by atoms with van der Waals surface area (Å²) >= 11 is 0. The lowest BCUT2D eigenvalue weighted by atomic mass is 10.1. The summed E-state index contributed by atoms with van der Waals surface area (Å²) in [6.45, 7) is 5.43. The maximum Gasteiger partial charge on any atom is 0.305 e. The molecule has 116 valence electrons. The minimum atomic E-state index is -0.957. The molecule has 0 aliphatic rings. The molecule has 1 aromatic rings. The topological polar surface area (TPSA) is 84.9 Å². The highest BCUT2D eigenvalue weighted by Crippen LogP contribution is 2.28. The molecular weight excluding hydrogens is 274 g/mol. The van der Waals surface area contributed by atoms with Gasteiger partial charge in [-0.15, -0.1) is 0 Å². The van der Waals surface area contributed by atoms with E-state index in [1.54, 1.807) is 25.1 Å². The van der Waals surface area contributed by atoms with Gasteiger partial charge >= 0.3 is 5.97 Å². The molecule has 0 fully saturated rings. The van der Waals surface area contributed by atoms with Gasteiger partial charge < -0.3 is 19.9 Å². The van der Waals surface area contributed by atoms with Gasteiger partial charge in [0.15, 0.2) is 11.5 Å². The molecule has 0 saturated heterocycles. The lowest BCUT2D eigenvalue weighted by Gasteiger charge is -2.15. The molecule has 0 heterocycles. The van der Waals surface area contributed by atoms with E-state index in [0.29, 0.717) is 17.1 Å². The number of benzene rings is 1. The lowest BCUT2D eigenvalue weighted by Crippen LogP contribution is -2.34. The van der Waals surface area contributed by atoms with Gasteiger partial charge in [-0.05, 0) is 39.0 Å². The summed E-state index contributed by atoms with van der Waals surface area (Å²) in [5, 5.41) is 11.3. The minimum absolute atomic E-state index is 0.00540. The zero-order valence-electron chi connectivity index (χ0n) is 12.7. The Morgan fingerprint density at radius 1 is 1.24 bits per heavy atom. The second kappa shape index (κ2) is 7.52. The average molecular weight is 295 g/mol. The van der Waals surface area contributed by atoms with Crippen LogP contribution in [0.4, 0.5) is 0 Å². The molecule has 1 amide bonds. The smallest absolute Gasteiger partial charge is 0.305 e. The van der Waals surface area contributed by atoms with Crippen LogP contribution >= 0.6 is 0 Å². The van der Waals surface area contributed by atoms with Crippen LogP contribution in [0.25, 0.3) is 0 Å². The predicted octanol–water partition coefficient (Wildman–Crippen LogP) is 2.08. The van der Waals surface area contributed by atoms with Gasteiger partial charge in [0, 0.05) is 11.6 Å². The molecule has 1 rings (SSSR count). The zero-order valence-corrected chi connectivity index (χ0v) is 12.7. The Labute approximate surface area is 124 Å². The van der Waals surface area contributed by atoms with E-state index in [0.717, 1.165) is 0 Å². The predicted molar refractivity (Wildman–Crippen MR) is 77.9 cm³/mol. The molecule has 0 radical (unpaired) electrons. The van der Waals surface area contributed by atoms with Crippen molar-refractivity contribution in [2.45, 2.75) is 39.3 Å². The Kier molecular flexibility index (Phi) is 6.02. The van der Waals surface area contributed by atoms with Crippen molar-refractivity contribution < 1.29 is 24.2 Å². The van der Waals surface area contributed by atoms with Crippen LogP contribution in [0.2, 0.25) is 0 Å². The Morgan fingerprint density at radius 2 is 1.90 bits per heavy atom. The number of hydrogen-bond donors (Lipinski definition) is 2. The van der Waals surface area contributed by atoms with Gasteiger partial charge in [0.25, 0.3) is 5.91 Å². The molecule has 0 aliphatic heterocycles. The Hall–Kier alpha value is -2.24. The summed E-state index contributed by atoms with van der Waals surface area (Å²) in [6.07, 6.45) is -0.133. The van der Waals surface area contributed by atoms with Crippen LogP contribution in [-0.4, -0.2) is 36.2 Å². The highest BCUT2D eigenvalue weighted by Gasteiger charge is 2.15. The molecule has 6 nitrogen and oxygen atoms in total. The molecular formula is C15H21NO5. The van der Waals surface area contributed by atoms with Crippen molar-refractivity contribution in [2.24, 2.45) is 0 Å². The third-order valence-electron chi connectivity index (χ3n) is 2.65. The van der Waals surface area contributed by atoms with E-state index >= 15 is 0 Å². The van der Waals surface area contributed by atoms with E-state index in [4.69, 9.17) is 14.6 Å². The standard InChI is InChI=1S/C15H21NO5/c1-9(2)21-12-6-5-11(8-13(12)20-4)15(19)16-10(3)7-14(17)18/h5-6,8-10H,7H2,1-4H3,(H,16,19)(H,17,18). The molecule has 1 unspecified atom stereocenters. The highest BCUT2D eigenvalue weighted by atomic mass is 16.5. The fourth-order valence-corrected chi connectivity index (χ4v) is 1.78. The van der Waals surface area contributed by atoms with Crippen molar-refractivity contribution in [1.29, 1.82) is 0 Å². The van der Waals surface area contributed by atoms with Crippen LogP contribution in [0.5, 0.6) is 11.5 Å². The number of carbonyl (C=O) groups excluding carboxylic acids is 1. The van der Waals surface area contributed by atoms with E-state index in [9.17, 15) is 9.59 Å². The summed E-state index contributed by atoms with van der Waals surface area (Å²) in [5.41, 5.74) is 0.389. The molecule has 1 atom stereocenters. The third-order valence-corrected chi connectivity index (χ3v) is 2.65. The van der Waals surface area contributed by atoms with E-state index in [1.165, 1.54) is 7.11 Å². The number of carboxylic acids is 1. The van der Waals surface area contributed by atoms with Gasteiger partial charge in [-0.25, -0.2) is 0 Å².